The highest BCUT2D eigenvalue weighted by atomic mass is 32.2. The van der Waals surface area contributed by atoms with Crippen LogP contribution < -0.4 is 10.6 Å². The molecule has 2 aromatic carbocycles. The number of nitrogens with two attached hydrogens (primary N) is 1. The van der Waals surface area contributed by atoms with Crippen molar-refractivity contribution in [2.45, 2.75) is 11.8 Å². The summed E-state index contributed by atoms with van der Waals surface area (Å²) >= 11 is 1.58. The number of carbonyl (C=O) groups is 1. The lowest BCUT2D eigenvalue weighted by Crippen LogP contribution is -2.30. The minimum Gasteiger partial charge on any atom is -0.399 e. The lowest BCUT2D eigenvalue weighted by Gasteiger charge is -2.22. The van der Waals surface area contributed by atoms with E-state index in [4.69, 9.17) is 5.73 Å². The molecule has 0 spiro atoms. The van der Waals surface area contributed by atoms with E-state index in [1.54, 1.807) is 16.7 Å². The van der Waals surface area contributed by atoms with Gasteiger partial charge in [-0.05, 0) is 49.6 Å². The fourth-order valence-corrected chi connectivity index (χ4v) is 2.65. The van der Waals surface area contributed by atoms with E-state index < -0.39 is 0 Å². The van der Waals surface area contributed by atoms with Gasteiger partial charge in [-0.2, -0.15) is 0 Å². The van der Waals surface area contributed by atoms with Crippen LogP contribution >= 0.6 is 11.8 Å². The summed E-state index contributed by atoms with van der Waals surface area (Å²) in [5, 5.41) is 0. The quantitative estimate of drug-likeness (QED) is 0.689. The molecule has 1 amide bonds. The van der Waals surface area contributed by atoms with Crippen LogP contribution in [0.25, 0.3) is 0 Å². The average molecular weight is 286 g/mol. The van der Waals surface area contributed by atoms with E-state index in [2.05, 4.69) is 0 Å². The zero-order valence-corrected chi connectivity index (χ0v) is 12.5. The minimum atomic E-state index is 0.0159. The normalized spacial score (nSPS) is 10.3. The molecule has 104 valence electrons. The van der Waals surface area contributed by atoms with E-state index in [1.165, 1.54) is 0 Å². The van der Waals surface area contributed by atoms with Gasteiger partial charge in [0.25, 0.3) is 5.91 Å². The van der Waals surface area contributed by atoms with Crippen LogP contribution in [-0.2, 0) is 0 Å². The number of amides is 1. The smallest absolute Gasteiger partial charge is 0.259 e. The molecule has 2 rings (SSSR count). The Balaban J connectivity index is 2.36. The van der Waals surface area contributed by atoms with Gasteiger partial charge in [-0.3, -0.25) is 4.79 Å². The van der Waals surface area contributed by atoms with Crippen molar-refractivity contribution in [3.63, 3.8) is 0 Å². The second-order valence-corrected chi connectivity index (χ2v) is 5.19. The molecule has 4 heteroatoms. The highest BCUT2D eigenvalue weighted by Gasteiger charge is 2.18. The van der Waals surface area contributed by atoms with Gasteiger partial charge in [-0.25, -0.2) is 0 Å². The highest BCUT2D eigenvalue weighted by Crippen LogP contribution is 2.24. The molecule has 0 heterocycles. The zero-order valence-electron chi connectivity index (χ0n) is 11.7. The predicted molar refractivity (Wildman–Crippen MR) is 86.4 cm³/mol. The van der Waals surface area contributed by atoms with Crippen molar-refractivity contribution in [1.82, 2.24) is 0 Å². The first kappa shape index (κ1) is 14.5. The summed E-state index contributed by atoms with van der Waals surface area (Å²) in [7, 11) is 0. The van der Waals surface area contributed by atoms with Crippen molar-refractivity contribution >= 4 is 29.0 Å². The maximum absolute atomic E-state index is 12.7. The van der Waals surface area contributed by atoms with Gasteiger partial charge in [0.2, 0.25) is 0 Å². The van der Waals surface area contributed by atoms with Crippen molar-refractivity contribution < 1.29 is 4.79 Å². The van der Waals surface area contributed by atoms with Crippen LogP contribution in [0.15, 0.2) is 53.4 Å². The lowest BCUT2D eigenvalue weighted by atomic mass is 10.1. The second kappa shape index (κ2) is 6.48. The van der Waals surface area contributed by atoms with Gasteiger partial charge in [0, 0.05) is 22.8 Å². The maximum Gasteiger partial charge on any atom is 0.259 e. The number of rotatable bonds is 4. The third-order valence-corrected chi connectivity index (χ3v) is 3.90. The molecule has 3 nitrogen and oxygen atoms in total. The molecular formula is C16H18N2OS. The van der Waals surface area contributed by atoms with E-state index >= 15 is 0 Å². The molecule has 0 atom stereocenters. The molecule has 0 aliphatic carbocycles. The fraction of sp³-hybridized carbons (Fsp3) is 0.188. The van der Waals surface area contributed by atoms with Crippen LogP contribution in [0, 0.1) is 0 Å². The number of benzene rings is 2. The SMILES string of the molecule is CCN(C(=O)c1ccccc1SC)c1ccc(N)cc1. The fourth-order valence-electron chi connectivity index (χ4n) is 2.06. The molecule has 0 aliphatic heterocycles. The zero-order chi connectivity index (χ0) is 14.5. The predicted octanol–water partition coefficient (Wildman–Crippen LogP) is 3.66. The number of thioether (sulfide) groups is 1. The van der Waals surface area contributed by atoms with Crippen LogP contribution in [0.1, 0.15) is 17.3 Å². The van der Waals surface area contributed by atoms with Gasteiger partial charge in [0.05, 0.1) is 5.56 Å². The standard InChI is InChI=1S/C16H18N2OS/c1-3-18(13-10-8-12(17)9-11-13)16(19)14-6-4-5-7-15(14)20-2/h4-11H,3,17H2,1-2H3. The van der Waals surface area contributed by atoms with E-state index in [9.17, 15) is 4.79 Å². The summed E-state index contributed by atoms with van der Waals surface area (Å²) < 4.78 is 0. The Morgan fingerprint density at radius 1 is 1.15 bits per heavy atom. The largest absolute Gasteiger partial charge is 0.399 e. The number of hydrogen-bond donors (Lipinski definition) is 1. The van der Waals surface area contributed by atoms with Crippen molar-refractivity contribution in [2.24, 2.45) is 0 Å². The van der Waals surface area contributed by atoms with Crippen LogP contribution in [0.4, 0.5) is 11.4 Å². The Morgan fingerprint density at radius 2 is 1.80 bits per heavy atom. The van der Waals surface area contributed by atoms with Crippen molar-refractivity contribution in [3.8, 4) is 0 Å². The Kier molecular flexibility index (Phi) is 4.69. The third kappa shape index (κ3) is 2.96. The molecule has 0 saturated heterocycles. The van der Waals surface area contributed by atoms with E-state index in [0.717, 1.165) is 16.1 Å². The van der Waals surface area contributed by atoms with Gasteiger partial charge in [0.1, 0.15) is 0 Å². The van der Waals surface area contributed by atoms with E-state index in [0.29, 0.717) is 12.2 Å². The summed E-state index contributed by atoms with van der Waals surface area (Å²) in [5.41, 5.74) is 7.99. The molecule has 2 aromatic rings. The minimum absolute atomic E-state index is 0.0159. The number of carbonyl (C=O) groups excluding carboxylic acids is 1. The number of nitrogen functional groups attached to an aromatic ring is 1. The van der Waals surface area contributed by atoms with Crippen molar-refractivity contribution in [1.29, 1.82) is 0 Å². The van der Waals surface area contributed by atoms with Gasteiger partial charge in [0.15, 0.2) is 0 Å². The average Bonchev–Trinajstić information content (AvgIpc) is 2.49. The van der Waals surface area contributed by atoms with Gasteiger partial charge < -0.3 is 10.6 Å². The van der Waals surface area contributed by atoms with Gasteiger partial charge in [-0.15, -0.1) is 11.8 Å². The summed E-state index contributed by atoms with van der Waals surface area (Å²) in [5.74, 6) is 0.0159. The van der Waals surface area contributed by atoms with Crippen molar-refractivity contribution in [2.75, 3.05) is 23.4 Å². The lowest BCUT2D eigenvalue weighted by molar-refractivity contribution is 0.0985. The molecular weight excluding hydrogens is 268 g/mol. The second-order valence-electron chi connectivity index (χ2n) is 4.34. The molecule has 0 saturated carbocycles. The Labute approximate surface area is 123 Å². The molecule has 2 N–H and O–H groups in total. The topological polar surface area (TPSA) is 46.3 Å². The van der Waals surface area contributed by atoms with Crippen molar-refractivity contribution in [3.05, 3.63) is 54.1 Å². The van der Waals surface area contributed by atoms with Gasteiger partial charge >= 0.3 is 0 Å². The molecule has 0 unspecified atom stereocenters. The summed E-state index contributed by atoms with van der Waals surface area (Å²) in [4.78, 5) is 15.5. The van der Waals surface area contributed by atoms with Crippen LogP contribution in [0.3, 0.4) is 0 Å². The summed E-state index contributed by atoms with van der Waals surface area (Å²) in [6.07, 6.45) is 1.98. The third-order valence-electron chi connectivity index (χ3n) is 3.10. The number of anilines is 2. The molecule has 0 bridgehead atoms. The summed E-state index contributed by atoms with van der Waals surface area (Å²) in [6.45, 7) is 2.58. The number of hydrogen-bond acceptors (Lipinski definition) is 3. The monoisotopic (exact) mass is 286 g/mol. The first-order chi connectivity index (χ1) is 9.67. The Bertz CT molecular complexity index is 596. The summed E-state index contributed by atoms with van der Waals surface area (Å²) in [6, 6.07) is 15.0. The van der Waals surface area contributed by atoms with E-state index in [1.807, 2.05) is 61.7 Å². The Hall–Kier alpha value is -1.94. The highest BCUT2D eigenvalue weighted by molar-refractivity contribution is 7.98. The molecule has 20 heavy (non-hydrogen) atoms. The molecule has 0 radical (unpaired) electrons. The first-order valence-electron chi connectivity index (χ1n) is 6.47. The maximum atomic E-state index is 12.7. The Morgan fingerprint density at radius 3 is 2.40 bits per heavy atom. The van der Waals surface area contributed by atoms with E-state index in [-0.39, 0.29) is 5.91 Å². The number of nitrogens with zero attached hydrogens (tertiary/aromatic N) is 1. The van der Waals surface area contributed by atoms with Gasteiger partial charge in [-0.1, -0.05) is 12.1 Å². The molecule has 0 fully saturated rings. The molecule has 0 aliphatic rings. The van der Waals surface area contributed by atoms with Crippen LogP contribution in [0.5, 0.6) is 0 Å². The van der Waals surface area contributed by atoms with Crippen LogP contribution in [-0.4, -0.2) is 18.7 Å². The van der Waals surface area contributed by atoms with Crippen LogP contribution in [0.2, 0.25) is 0 Å². The molecule has 0 aromatic heterocycles. The first-order valence-corrected chi connectivity index (χ1v) is 7.70.